The normalized spacial score (nSPS) is 12.6. The van der Waals surface area contributed by atoms with Gasteiger partial charge in [-0.15, -0.1) is 0 Å². The van der Waals surface area contributed by atoms with Crippen LogP contribution in [0.1, 0.15) is 39.2 Å². The average Bonchev–Trinajstić information content (AvgIpc) is 2.35. The van der Waals surface area contributed by atoms with Gasteiger partial charge in [0.25, 0.3) is 0 Å². The van der Waals surface area contributed by atoms with E-state index in [9.17, 15) is 12.8 Å². The third-order valence-corrected chi connectivity index (χ3v) is 4.54. The summed E-state index contributed by atoms with van der Waals surface area (Å²) in [4.78, 5) is 0. The molecule has 0 heterocycles. The molecule has 0 fully saturated rings. The zero-order valence-corrected chi connectivity index (χ0v) is 12.6. The van der Waals surface area contributed by atoms with Gasteiger partial charge >= 0.3 is 0 Å². The minimum atomic E-state index is -3.22. The first-order valence-electron chi connectivity index (χ1n) is 6.50. The highest BCUT2D eigenvalue weighted by atomic mass is 32.2. The number of hydrogen-bond donors (Lipinski definition) is 1. The molecule has 0 bridgehead atoms. The lowest BCUT2D eigenvalue weighted by Crippen LogP contribution is -2.37. The van der Waals surface area contributed by atoms with Crippen molar-refractivity contribution in [1.82, 2.24) is 4.72 Å². The van der Waals surface area contributed by atoms with Crippen molar-refractivity contribution in [3.63, 3.8) is 0 Å². The molecule has 19 heavy (non-hydrogen) atoms. The number of benzene rings is 1. The van der Waals surface area contributed by atoms with E-state index in [1.54, 1.807) is 12.1 Å². The second kappa shape index (κ2) is 6.48. The van der Waals surface area contributed by atoms with Crippen molar-refractivity contribution in [3.8, 4) is 0 Å². The van der Waals surface area contributed by atoms with E-state index in [2.05, 4.69) is 4.72 Å². The van der Waals surface area contributed by atoms with Crippen LogP contribution in [-0.4, -0.2) is 20.7 Å². The van der Waals surface area contributed by atoms with E-state index in [1.807, 2.05) is 20.8 Å². The molecule has 0 aromatic heterocycles. The van der Waals surface area contributed by atoms with Gasteiger partial charge in [-0.05, 0) is 24.1 Å². The average molecular weight is 287 g/mol. The first-order chi connectivity index (χ1) is 8.77. The number of hydrogen-bond acceptors (Lipinski definition) is 2. The molecule has 1 rings (SSSR count). The van der Waals surface area contributed by atoms with Gasteiger partial charge in [0.2, 0.25) is 10.0 Å². The molecule has 1 aromatic carbocycles. The Labute approximate surface area is 115 Å². The van der Waals surface area contributed by atoms with Crippen molar-refractivity contribution < 1.29 is 12.8 Å². The third kappa shape index (κ3) is 5.28. The van der Waals surface area contributed by atoms with Crippen LogP contribution in [0.15, 0.2) is 24.3 Å². The lowest BCUT2D eigenvalue weighted by Gasteiger charge is -2.25. The molecule has 0 aliphatic carbocycles. The minimum absolute atomic E-state index is 0.156. The summed E-state index contributed by atoms with van der Waals surface area (Å²) in [6, 6.07) is 6.16. The molecular weight excluding hydrogens is 265 g/mol. The van der Waals surface area contributed by atoms with Gasteiger partial charge in [-0.25, -0.2) is 17.5 Å². The lowest BCUT2D eigenvalue weighted by molar-refractivity contribution is 0.499. The molecule has 0 saturated carbocycles. The number of rotatable bonds is 7. The van der Waals surface area contributed by atoms with Crippen LogP contribution in [0, 0.1) is 5.82 Å². The molecule has 0 amide bonds. The van der Waals surface area contributed by atoms with Crippen LogP contribution in [0.5, 0.6) is 0 Å². The predicted octanol–water partition coefficient (Wildman–Crippen LogP) is 2.82. The summed E-state index contributed by atoms with van der Waals surface area (Å²) in [5.41, 5.74) is 0.541. The topological polar surface area (TPSA) is 46.2 Å². The summed E-state index contributed by atoms with van der Waals surface area (Å²) in [5.74, 6) is -0.133. The number of unbranched alkanes of at least 4 members (excludes halogenated alkanes) is 1. The maximum Gasteiger partial charge on any atom is 0.211 e. The molecule has 0 saturated heterocycles. The number of nitrogens with one attached hydrogen (secondary N) is 1. The van der Waals surface area contributed by atoms with Gasteiger partial charge in [0.1, 0.15) is 5.82 Å². The van der Waals surface area contributed by atoms with E-state index in [1.165, 1.54) is 12.1 Å². The van der Waals surface area contributed by atoms with E-state index in [-0.39, 0.29) is 17.0 Å². The molecule has 3 nitrogen and oxygen atoms in total. The van der Waals surface area contributed by atoms with Gasteiger partial charge in [0, 0.05) is 12.0 Å². The van der Waals surface area contributed by atoms with E-state index in [0.717, 1.165) is 12.0 Å². The Hall–Kier alpha value is -0.940. The predicted molar refractivity (Wildman–Crippen MR) is 76.1 cm³/mol. The first-order valence-corrected chi connectivity index (χ1v) is 8.15. The second-order valence-corrected chi connectivity index (χ2v) is 7.31. The summed E-state index contributed by atoms with van der Waals surface area (Å²) in [6.45, 7) is 6.13. The first kappa shape index (κ1) is 16.1. The highest BCUT2D eigenvalue weighted by Crippen LogP contribution is 2.22. The molecule has 0 unspecified atom stereocenters. The largest absolute Gasteiger partial charge is 0.214 e. The zero-order chi connectivity index (χ0) is 14.5. The van der Waals surface area contributed by atoms with E-state index >= 15 is 0 Å². The van der Waals surface area contributed by atoms with Crippen LogP contribution in [0.2, 0.25) is 0 Å². The Balaban J connectivity index is 2.67. The van der Waals surface area contributed by atoms with Crippen molar-refractivity contribution in [3.05, 3.63) is 35.6 Å². The van der Waals surface area contributed by atoms with Crippen LogP contribution in [0.25, 0.3) is 0 Å². The highest BCUT2D eigenvalue weighted by molar-refractivity contribution is 7.89. The quantitative estimate of drug-likeness (QED) is 0.838. The summed E-state index contributed by atoms with van der Waals surface area (Å²) >= 11 is 0. The van der Waals surface area contributed by atoms with Crippen molar-refractivity contribution in [2.24, 2.45) is 0 Å². The molecule has 0 spiro atoms. The van der Waals surface area contributed by atoms with Crippen molar-refractivity contribution in [1.29, 1.82) is 0 Å². The zero-order valence-electron chi connectivity index (χ0n) is 11.7. The maximum absolute atomic E-state index is 12.9. The van der Waals surface area contributed by atoms with E-state index in [4.69, 9.17) is 0 Å². The fourth-order valence-electron chi connectivity index (χ4n) is 1.70. The number of sulfonamides is 1. The molecule has 108 valence electrons. The van der Waals surface area contributed by atoms with Crippen LogP contribution in [-0.2, 0) is 15.4 Å². The molecule has 0 aliphatic heterocycles. The summed E-state index contributed by atoms with van der Waals surface area (Å²) in [6.07, 6.45) is 1.51. The Morgan fingerprint density at radius 2 is 1.79 bits per heavy atom. The Kier molecular flexibility index (Phi) is 5.50. The Morgan fingerprint density at radius 3 is 2.32 bits per heavy atom. The molecule has 0 radical (unpaired) electrons. The lowest BCUT2D eigenvalue weighted by atomic mass is 9.85. The molecule has 0 aliphatic rings. The van der Waals surface area contributed by atoms with Crippen molar-refractivity contribution in [2.45, 2.75) is 39.0 Å². The monoisotopic (exact) mass is 287 g/mol. The third-order valence-electron chi connectivity index (χ3n) is 3.13. The minimum Gasteiger partial charge on any atom is -0.214 e. The second-order valence-electron chi connectivity index (χ2n) is 5.38. The molecule has 5 heteroatoms. The van der Waals surface area contributed by atoms with Gasteiger partial charge in [-0.1, -0.05) is 39.3 Å². The Bertz CT molecular complexity index is 495. The van der Waals surface area contributed by atoms with Gasteiger partial charge in [-0.3, -0.25) is 0 Å². The fourth-order valence-corrected chi connectivity index (χ4v) is 3.09. The van der Waals surface area contributed by atoms with Crippen molar-refractivity contribution in [2.75, 3.05) is 12.3 Å². The van der Waals surface area contributed by atoms with E-state index < -0.39 is 10.0 Å². The van der Waals surface area contributed by atoms with Crippen LogP contribution < -0.4 is 4.72 Å². The van der Waals surface area contributed by atoms with Gasteiger partial charge < -0.3 is 0 Å². The molecule has 0 atom stereocenters. The maximum atomic E-state index is 12.9. The summed E-state index contributed by atoms with van der Waals surface area (Å²) in [5, 5.41) is 0. The smallest absolute Gasteiger partial charge is 0.211 e. The van der Waals surface area contributed by atoms with Gasteiger partial charge in [0.05, 0.1) is 5.75 Å². The van der Waals surface area contributed by atoms with Crippen molar-refractivity contribution >= 4 is 10.0 Å². The van der Waals surface area contributed by atoms with Gasteiger partial charge in [-0.2, -0.15) is 0 Å². The Morgan fingerprint density at radius 1 is 1.21 bits per heavy atom. The molecule has 1 aromatic rings. The van der Waals surface area contributed by atoms with E-state index in [0.29, 0.717) is 13.0 Å². The molecular formula is C14H22FNO2S. The fraction of sp³-hybridized carbons (Fsp3) is 0.571. The summed E-state index contributed by atoms with van der Waals surface area (Å²) < 4.78 is 39.0. The van der Waals surface area contributed by atoms with Gasteiger partial charge in [0.15, 0.2) is 0 Å². The van der Waals surface area contributed by atoms with Crippen LogP contribution >= 0.6 is 0 Å². The standard InChI is InChI=1S/C14H22FNO2S/c1-4-5-10-19(17,18)16-11-14(2,3)12-6-8-13(15)9-7-12/h6-9,16H,4-5,10-11H2,1-3H3. The summed E-state index contributed by atoms with van der Waals surface area (Å²) in [7, 11) is -3.22. The number of halogens is 1. The highest BCUT2D eigenvalue weighted by Gasteiger charge is 2.23. The van der Waals surface area contributed by atoms with Crippen LogP contribution in [0.4, 0.5) is 4.39 Å². The molecule has 1 N–H and O–H groups in total. The van der Waals surface area contributed by atoms with Crippen LogP contribution in [0.3, 0.4) is 0 Å². The SMILES string of the molecule is CCCCS(=O)(=O)NCC(C)(C)c1ccc(F)cc1.